The summed E-state index contributed by atoms with van der Waals surface area (Å²) in [7, 11) is 4.14. The van der Waals surface area contributed by atoms with Gasteiger partial charge in [-0.25, -0.2) is 4.39 Å². The van der Waals surface area contributed by atoms with Gasteiger partial charge in [0.15, 0.2) is 0 Å². The van der Waals surface area contributed by atoms with E-state index in [4.69, 9.17) is 4.74 Å². The van der Waals surface area contributed by atoms with E-state index in [9.17, 15) is 4.39 Å². The van der Waals surface area contributed by atoms with E-state index in [1.807, 2.05) is 23.9 Å². The summed E-state index contributed by atoms with van der Waals surface area (Å²) in [5.74, 6) is 1.19. The molecule has 1 atom stereocenters. The van der Waals surface area contributed by atoms with Gasteiger partial charge in [-0.2, -0.15) is 0 Å². The summed E-state index contributed by atoms with van der Waals surface area (Å²) in [6.07, 6.45) is 8.50. The molecule has 0 bridgehead atoms. The molecule has 0 saturated carbocycles. The molecule has 3 rings (SSSR count). The average molecular weight is 331 g/mol. The van der Waals surface area contributed by atoms with Crippen molar-refractivity contribution in [1.29, 1.82) is 0 Å². The molecule has 0 N–H and O–H groups in total. The maximum Gasteiger partial charge on any atom is 0.141 e. The highest BCUT2D eigenvalue weighted by Gasteiger charge is 2.28. The molecule has 0 aliphatic carbocycles. The summed E-state index contributed by atoms with van der Waals surface area (Å²) < 4.78 is 19.5. The van der Waals surface area contributed by atoms with Gasteiger partial charge in [-0.1, -0.05) is 19.1 Å². The summed E-state index contributed by atoms with van der Waals surface area (Å²) in [4.78, 5) is 3.34. The fourth-order valence-corrected chi connectivity index (χ4v) is 3.90. The molecule has 2 aliphatic rings. The number of nitrogens with zero attached hydrogens (tertiary/aromatic N) is 1. The molecule has 1 aromatic carbocycles. The van der Waals surface area contributed by atoms with Crippen molar-refractivity contribution >= 4 is 17.3 Å². The van der Waals surface area contributed by atoms with E-state index in [1.165, 1.54) is 22.6 Å². The Balaban J connectivity index is 2.00. The lowest BCUT2D eigenvalue weighted by molar-refractivity contribution is 0.417. The van der Waals surface area contributed by atoms with E-state index in [0.717, 1.165) is 30.7 Å². The third-order valence-electron chi connectivity index (χ3n) is 3.98. The number of allylic oxidation sites excluding steroid dienone is 2. The number of ether oxygens (including phenoxy) is 1. The van der Waals surface area contributed by atoms with Crippen LogP contribution in [0.25, 0.3) is 5.57 Å². The van der Waals surface area contributed by atoms with E-state index in [0.29, 0.717) is 11.0 Å². The Morgan fingerprint density at radius 1 is 1.35 bits per heavy atom. The molecule has 0 saturated heterocycles. The Hall–Kier alpha value is -1.52. The second-order valence-corrected chi connectivity index (χ2v) is 7.32. The Kier molecular flexibility index (Phi) is 4.93. The molecule has 0 aromatic heterocycles. The SMILES string of the molecule is CCC1C=CC2=C(S1)C(=CCCN(C)C)c1ccc(F)cc1O2. The van der Waals surface area contributed by atoms with Gasteiger partial charge in [-0.05, 0) is 50.7 Å². The lowest BCUT2D eigenvalue weighted by Gasteiger charge is -2.29. The fourth-order valence-electron chi connectivity index (χ4n) is 2.73. The van der Waals surface area contributed by atoms with Crippen LogP contribution >= 0.6 is 11.8 Å². The maximum atomic E-state index is 13.6. The number of rotatable bonds is 4. The predicted molar refractivity (Wildman–Crippen MR) is 96.0 cm³/mol. The quantitative estimate of drug-likeness (QED) is 0.783. The number of fused-ring (bicyclic) bond motifs is 1. The zero-order valence-corrected chi connectivity index (χ0v) is 14.6. The van der Waals surface area contributed by atoms with Crippen LogP contribution in [0.1, 0.15) is 25.3 Å². The Labute approximate surface area is 141 Å². The molecule has 1 unspecified atom stereocenters. The van der Waals surface area contributed by atoms with Crippen LogP contribution in [0.2, 0.25) is 0 Å². The fraction of sp³-hybridized carbons (Fsp3) is 0.368. The molecular formula is C19H22FNOS. The molecule has 0 radical (unpaired) electrons. The largest absolute Gasteiger partial charge is 0.455 e. The van der Waals surface area contributed by atoms with Crippen molar-refractivity contribution in [3.05, 3.63) is 58.5 Å². The highest BCUT2D eigenvalue weighted by Crippen LogP contribution is 2.47. The number of hydrogen-bond donors (Lipinski definition) is 0. The van der Waals surface area contributed by atoms with Crippen LogP contribution in [0.4, 0.5) is 4.39 Å². The topological polar surface area (TPSA) is 12.5 Å². The highest BCUT2D eigenvalue weighted by atomic mass is 32.2. The summed E-state index contributed by atoms with van der Waals surface area (Å²) >= 11 is 1.84. The van der Waals surface area contributed by atoms with Crippen molar-refractivity contribution in [2.75, 3.05) is 20.6 Å². The van der Waals surface area contributed by atoms with Crippen LogP contribution < -0.4 is 4.74 Å². The molecule has 23 heavy (non-hydrogen) atoms. The standard InChI is InChI=1S/C19H22FNOS/c1-4-14-8-10-17-19(23-14)16(6-5-11-21(2)3)15-9-7-13(20)12-18(15)22-17/h6-10,12,14H,4-5,11H2,1-3H3. The molecule has 1 aromatic rings. The molecule has 2 nitrogen and oxygen atoms in total. The van der Waals surface area contributed by atoms with Crippen LogP contribution in [0.5, 0.6) is 5.75 Å². The minimum atomic E-state index is -0.265. The third kappa shape index (κ3) is 3.54. The summed E-state index contributed by atoms with van der Waals surface area (Å²) in [6.45, 7) is 3.18. The van der Waals surface area contributed by atoms with Gasteiger partial charge in [0, 0.05) is 23.4 Å². The number of halogens is 1. The predicted octanol–water partition coefficient (Wildman–Crippen LogP) is 4.85. The van der Waals surface area contributed by atoms with E-state index in [2.05, 4.69) is 38.1 Å². The summed E-state index contributed by atoms with van der Waals surface area (Å²) in [5.41, 5.74) is 2.16. The second kappa shape index (κ2) is 6.93. The van der Waals surface area contributed by atoms with Crippen LogP contribution in [0.15, 0.2) is 47.1 Å². The van der Waals surface area contributed by atoms with Gasteiger partial charge in [0.05, 0.1) is 4.91 Å². The molecule has 0 spiro atoms. The summed E-state index contributed by atoms with van der Waals surface area (Å²) in [6, 6.07) is 4.81. The van der Waals surface area contributed by atoms with Gasteiger partial charge in [0.25, 0.3) is 0 Å². The van der Waals surface area contributed by atoms with Crippen molar-refractivity contribution in [3.8, 4) is 5.75 Å². The van der Waals surface area contributed by atoms with Crippen molar-refractivity contribution in [2.45, 2.75) is 25.0 Å². The van der Waals surface area contributed by atoms with Crippen molar-refractivity contribution in [1.82, 2.24) is 4.90 Å². The molecule has 4 heteroatoms. The van der Waals surface area contributed by atoms with Crippen LogP contribution in [-0.2, 0) is 0 Å². The van der Waals surface area contributed by atoms with E-state index in [1.54, 1.807) is 0 Å². The lowest BCUT2D eigenvalue weighted by atomic mass is 9.99. The van der Waals surface area contributed by atoms with Gasteiger partial charge in [-0.15, -0.1) is 11.8 Å². The van der Waals surface area contributed by atoms with E-state index in [-0.39, 0.29) is 5.82 Å². The van der Waals surface area contributed by atoms with Gasteiger partial charge < -0.3 is 9.64 Å². The number of thioether (sulfide) groups is 1. The third-order valence-corrected chi connectivity index (χ3v) is 5.43. The van der Waals surface area contributed by atoms with Crippen LogP contribution in [0, 0.1) is 5.82 Å². The van der Waals surface area contributed by atoms with Crippen LogP contribution in [-0.4, -0.2) is 30.8 Å². The Morgan fingerprint density at radius 2 is 2.17 bits per heavy atom. The zero-order chi connectivity index (χ0) is 16.4. The van der Waals surface area contributed by atoms with E-state index >= 15 is 0 Å². The number of benzene rings is 1. The van der Waals surface area contributed by atoms with Gasteiger partial charge in [0.1, 0.15) is 17.3 Å². The van der Waals surface area contributed by atoms with Gasteiger partial charge in [0.2, 0.25) is 0 Å². The van der Waals surface area contributed by atoms with Crippen molar-refractivity contribution < 1.29 is 9.13 Å². The Bertz CT molecular complexity index is 691. The lowest BCUT2D eigenvalue weighted by Crippen LogP contribution is -2.14. The average Bonchev–Trinajstić information content (AvgIpc) is 2.53. The first-order valence-electron chi connectivity index (χ1n) is 8.00. The Morgan fingerprint density at radius 3 is 2.91 bits per heavy atom. The van der Waals surface area contributed by atoms with Crippen molar-refractivity contribution in [3.63, 3.8) is 0 Å². The van der Waals surface area contributed by atoms with Crippen molar-refractivity contribution in [2.24, 2.45) is 0 Å². The van der Waals surface area contributed by atoms with E-state index < -0.39 is 0 Å². The normalized spacial score (nSPS) is 21.4. The highest BCUT2D eigenvalue weighted by molar-refractivity contribution is 8.04. The molecule has 0 amide bonds. The number of hydrogen-bond acceptors (Lipinski definition) is 3. The van der Waals surface area contributed by atoms with Gasteiger partial charge >= 0.3 is 0 Å². The zero-order valence-electron chi connectivity index (χ0n) is 13.8. The molecule has 2 heterocycles. The molecule has 0 fully saturated rings. The first kappa shape index (κ1) is 16.3. The second-order valence-electron chi connectivity index (χ2n) is 6.07. The van der Waals surface area contributed by atoms with Crippen LogP contribution in [0.3, 0.4) is 0 Å². The van der Waals surface area contributed by atoms with Gasteiger partial charge in [-0.3, -0.25) is 0 Å². The molecular weight excluding hydrogens is 309 g/mol. The first-order valence-corrected chi connectivity index (χ1v) is 8.88. The summed E-state index contributed by atoms with van der Waals surface area (Å²) in [5, 5.41) is 0.469. The minimum absolute atomic E-state index is 0.265. The minimum Gasteiger partial charge on any atom is -0.455 e. The molecule has 122 valence electrons. The maximum absolute atomic E-state index is 13.6. The monoisotopic (exact) mass is 331 g/mol. The first-order chi connectivity index (χ1) is 11.1. The smallest absolute Gasteiger partial charge is 0.141 e. The molecule has 2 aliphatic heterocycles.